The van der Waals surface area contributed by atoms with Gasteiger partial charge < -0.3 is 14.8 Å². The lowest BCUT2D eigenvalue weighted by molar-refractivity contribution is -0.116. The maximum absolute atomic E-state index is 13.3. The van der Waals surface area contributed by atoms with Gasteiger partial charge in [0.2, 0.25) is 12.7 Å². The first-order valence-corrected chi connectivity index (χ1v) is 8.58. The van der Waals surface area contributed by atoms with Crippen molar-refractivity contribution in [3.8, 4) is 22.8 Å². The molecule has 1 aromatic heterocycles. The van der Waals surface area contributed by atoms with Crippen LogP contribution in [0.4, 0.5) is 5.82 Å². The molecule has 0 unspecified atom stereocenters. The van der Waals surface area contributed by atoms with Gasteiger partial charge >= 0.3 is 0 Å². The number of carbonyl (C=O) groups excluding carboxylic acids is 2. The number of H-pyrrole nitrogens is 1. The molecule has 0 aliphatic carbocycles. The van der Waals surface area contributed by atoms with Crippen molar-refractivity contribution in [2.24, 2.45) is 0 Å². The van der Waals surface area contributed by atoms with Gasteiger partial charge in [-0.15, -0.1) is 0 Å². The third-order valence-corrected chi connectivity index (χ3v) is 4.84. The minimum Gasteiger partial charge on any atom is -0.454 e. The molecule has 2 N–H and O–H groups in total. The predicted molar refractivity (Wildman–Crippen MR) is 96.9 cm³/mol. The molecule has 0 saturated carbocycles. The maximum atomic E-state index is 13.3. The zero-order valence-corrected chi connectivity index (χ0v) is 14.2. The van der Waals surface area contributed by atoms with Gasteiger partial charge in [-0.1, -0.05) is 30.3 Å². The lowest BCUT2D eigenvalue weighted by Crippen LogP contribution is -2.27. The molecule has 2 aliphatic rings. The fourth-order valence-corrected chi connectivity index (χ4v) is 3.56. The SMILES string of the molecule is O=C1C[C@H](C(=O)c2ccc3c(c2)OCO3)c2c(n[nH]c2-c2ccccc2)N1. The molecule has 1 atom stereocenters. The number of amides is 1. The summed E-state index contributed by atoms with van der Waals surface area (Å²) < 4.78 is 10.7. The van der Waals surface area contributed by atoms with Gasteiger partial charge in [0, 0.05) is 17.5 Å². The highest BCUT2D eigenvalue weighted by Gasteiger charge is 2.36. The van der Waals surface area contributed by atoms with Crippen molar-refractivity contribution in [3.05, 3.63) is 59.7 Å². The van der Waals surface area contributed by atoms with E-state index >= 15 is 0 Å². The third kappa shape index (κ3) is 2.55. The Kier molecular flexibility index (Phi) is 3.46. The number of Topliss-reactive ketones (excluding diaryl/α,β-unsaturated/α-hetero) is 1. The fraction of sp³-hybridized carbons (Fsp3) is 0.150. The topological polar surface area (TPSA) is 93.3 Å². The van der Waals surface area contributed by atoms with Crippen LogP contribution in [0.5, 0.6) is 11.5 Å². The van der Waals surface area contributed by atoms with Crippen molar-refractivity contribution in [1.29, 1.82) is 0 Å². The summed E-state index contributed by atoms with van der Waals surface area (Å²) >= 11 is 0. The summed E-state index contributed by atoms with van der Waals surface area (Å²) in [6, 6.07) is 14.7. The molecular weight excluding hydrogens is 346 g/mol. The van der Waals surface area contributed by atoms with Crippen molar-refractivity contribution < 1.29 is 19.1 Å². The zero-order chi connectivity index (χ0) is 18.4. The summed E-state index contributed by atoms with van der Waals surface area (Å²) in [4.78, 5) is 25.4. The molecule has 0 bridgehead atoms. The molecule has 3 heterocycles. The van der Waals surface area contributed by atoms with Gasteiger partial charge in [0.05, 0.1) is 11.6 Å². The van der Waals surface area contributed by atoms with Gasteiger partial charge in [-0.3, -0.25) is 14.7 Å². The number of hydrogen-bond donors (Lipinski definition) is 2. The molecule has 0 fully saturated rings. The van der Waals surface area contributed by atoms with E-state index < -0.39 is 5.92 Å². The normalized spacial score (nSPS) is 17.3. The molecule has 0 spiro atoms. The number of benzene rings is 2. The quantitative estimate of drug-likeness (QED) is 0.699. The summed E-state index contributed by atoms with van der Waals surface area (Å²) in [7, 11) is 0. The van der Waals surface area contributed by atoms with Crippen molar-refractivity contribution >= 4 is 17.5 Å². The molecule has 2 aromatic carbocycles. The molecule has 0 saturated heterocycles. The highest BCUT2D eigenvalue weighted by molar-refractivity contribution is 6.09. The molecule has 3 aromatic rings. The van der Waals surface area contributed by atoms with Gasteiger partial charge in [-0.2, -0.15) is 5.10 Å². The van der Waals surface area contributed by atoms with Crippen LogP contribution >= 0.6 is 0 Å². The highest BCUT2D eigenvalue weighted by atomic mass is 16.7. The van der Waals surface area contributed by atoms with Gasteiger partial charge in [0.15, 0.2) is 23.1 Å². The van der Waals surface area contributed by atoms with Gasteiger partial charge in [-0.25, -0.2) is 0 Å². The number of hydrogen-bond acceptors (Lipinski definition) is 5. The van der Waals surface area contributed by atoms with Crippen molar-refractivity contribution in [2.75, 3.05) is 12.1 Å². The molecule has 5 rings (SSSR count). The Bertz CT molecular complexity index is 1060. The molecule has 0 radical (unpaired) electrons. The van der Waals surface area contributed by atoms with Crippen LogP contribution in [-0.2, 0) is 4.79 Å². The second-order valence-corrected chi connectivity index (χ2v) is 6.46. The first kappa shape index (κ1) is 15.6. The van der Waals surface area contributed by atoms with E-state index in [9.17, 15) is 9.59 Å². The van der Waals surface area contributed by atoms with E-state index in [0.717, 1.165) is 11.3 Å². The molecule has 2 aliphatic heterocycles. The van der Waals surface area contributed by atoms with Crippen LogP contribution in [0, 0.1) is 0 Å². The van der Waals surface area contributed by atoms with E-state index in [2.05, 4.69) is 15.5 Å². The number of ketones is 1. The van der Waals surface area contributed by atoms with Crippen LogP contribution in [-0.4, -0.2) is 28.7 Å². The molecular formula is C20H15N3O4. The predicted octanol–water partition coefficient (Wildman–Crippen LogP) is 3.11. The number of nitrogens with zero attached hydrogens (tertiary/aromatic N) is 1. The number of fused-ring (bicyclic) bond motifs is 2. The molecule has 134 valence electrons. The Morgan fingerprint density at radius 1 is 1.07 bits per heavy atom. The van der Waals surface area contributed by atoms with Crippen LogP contribution < -0.4 is 14.8 Å². The number of anilines is 1. The van der Waals surface area contributed by atoms with E-state index in [1.807, 2.05) is 30.3 Å². The largest absolute Gasteiger partial charge is 0.454 e. The lowest BCUT2D eigenvalue weighted by atomic mass is 9.84. The van der Waals surface area contributed by atoms with E-state index in [0.29, 0.717) is 28.4 Å². The second kappa shape index (κ2) is 5.98. The van der Waals surface area contributed by atoms with E-state index in [-0.39, 0.29) is 24.9 Å². The Labute approximate surface area is 154 Å². The molecule has 1 amide bonds. The van der Waals surface area contributed by atoms with Gasteiger partial charge in [0.25, 0.3) is 0 Å². The Morgan fingerprint density at radius 2 is 1.89 bits per heavy atom. The summed E-state index contributed by atoms with van der Waals surface area (Å²) in [5, 5.41) is 9.93. The van der Waals surface area contributed by atoms with Crippen LogP contribution in [0.3, 0.4) is 0 Å². The summed E-state index contributed by atoms with van der Waals surface area (Å²) in [6.45, 7) is 0.142. The van der Waals surface area contributed by atoms with Crippen LogP contribution in [0.1, 0.15) is 28.3 Å². The van der Waals surface area contributed by atoms with Gasteiger partial charge in [0.1, 0.15) is 0 Å². The van der Waals surface area contributed by atoms with Gasteiger partial charge in [-0.05, 0) is 23.8 Å². The lowest BCUT2D eigenvalue weighted by Gasteiger charge is -2.22. The summed E-state index contributed by atoms with van der Waals surface area (Å²) in [6.07, 6.45) is 0.0691. The average Bonchev–Trinajstić information content (AvgIpc) is 3.33. The van der Waals surface area contributed by atoms with E-state index in [4.69, 9.17) is 9.47 Å². The first-order chi connectivity index (χ1) is 13.2. The number of carbonyl (C=O) groups is 2. The minimum absolute atomic E-state index is 0.0691. The number of rotatable bonds is 3. The Morgan fingerprint density at radius 3 is 2.74 bits per heavy atom. The molecule has 7 heteroatoms. The maximum Gasteiger partial charge on any atom is 0.231 e. The van der Waals surface area contributed by atoms with E-state index in [1.165, 1.54) is 0 Å². The van der Waals surface area contributed by atoms with Crippen LogP contribution in [0.15, 0.2) is 48.5 Å². The summed E-state index contributed by atoms with van der Waals surface area (Å²) in [5.41, 5.74) is 2.84. The third-order valence-electron chi connectivity index (χ3n) is 4.84. The van der Waals surface area contributed by atoms with Crippen molar-refractivity contribution in [3.63, 3.8) is 0 Å². The van der Waals surface area contributed by atoms with Crippen molar-refractivity contribution in [1.82, 2.24) is 10.2 Å². The highest BCUT2D eigenvalue weighted by Crippen LogP contribution is 2.41. The zero-order valence-electron chi connectivity index (χ0n) is 14.2. The van der Waals surface area contributed by atoms with Crippen LogP contribution in [0.25, 0.3) is 11.3 Å². The standard InChI is InChI=1S/C20H15N3O4/c24-16-9-13(19(25)12-6-7-14-15(8-12)27-10-26-14)17-18(22-23-20(17)21-16)11-4-2-1-3-5-11/h1-8,13H,9-10H2,(H2,21,22,23,24)/t13-/m0/s1. The molecule has 27 heavy (non-hydrogen) atoms. The second-order valence-electron chi connectivity index (χ2n) is 6.46. The number of nitrogens with one attached hydrogen (secondary N) is 2. The number of aromatic amines is 1. The van der Waals surface area contributed by atoms with E-state index in [1.54, 1.807) is 18.2 Å². The number of ether oxygens (including phenoxy) is 2. The fourth-order valence-electron chi connectivity index (χ4n) is 3.56. The minimum atomic E-state index is -0.622. The summed E-state index contributed by atoms with van der Waals surface area (Å²) in [5.74, 6) is 0.557. The first-order valence-electron chi connectivity index (χ1n) is 8.58. The number of aromatic nitrogens is 2. The van der Waals surface area contributed by atoms with Crippen molar-refractivity contribution in [2.45, 2.75) is 12.3 Å². The Hall–Kier alpha value is -3.61. The monoisotopic (exact) mass is 361 g/mol. The molecule has 7 nitrogen and oxygen atoms in total. The average molecular weight is 361 g/mol. The van der Waals surface area contributed by atoms with Crippen LogP contribution in [0.2, 0.25) is 0 Å². The Balaban J connectivity index is 1.59. The smallest absolute Gasteiger partial charge is 0.231 e.